The molecular formula is C13H18N4O3S. The number of hydrogen-bond acceptors (Lipinski definition) is 4. The first kappa shape index (κ1) is 15.5. The molecule has 0 radical (unpaired) electrons. The van der Waals surface area contributed by atoms with Gasteiger partial charge in [0.15, 0.2) is 5.03 Å². The van der Waals surface area contributed by atoms with E-state index in [4.69, 9.17) is 0 Å². The Morgan fingerprint density at radius 1 is 1.38 bits per heavy atom. The van der Waals surface area contributed by atoms with Crippen molar-refractivity contribution in [2.75, 3.05) is 6.54 Å². The molecule has 0 aromatic carbocycles. The Kier molecular flexibility index (Phi) is 4.92. The molecule has 0 aliphatic rings. The van der Waals surface area contributed by atoms with Gasteiger partial charge in [0.25, 0.3) is 10.0 Å². The molecule has 0 fully saturated rings. The van der Waals surface area contributed by atoms with Crippen molar-refractivity contribution >= 4 is 10.0 Å². The third kappa shape index (κ3) is 4.02. The van der Waals surface area contributed by atoms with Crippen LogP contribution in [-0.4, -0.2) is 29.5 Å². The van der Waals surface area contributed by atoms with Gasteiger partial charge in [-0.1, -0.05) is 13.0 Å². The fourth-order valence-electron chi connectivity index (χ4n) is 1.84. The number of pyridine rings is 1. The molecule has 0 spiro atoms. The Bertz CT molecular complexity index is 749. The summed E-state index contributed by atoms with van der Waals surface area (Å²) in [7, 11) is -3.57. The Labute approximate surface area is 123 Å². The molecule has 2 aromatic rings. The van der Waals surface area contributed by atoms with Crippen LogP contribution in [0.4, 0.5) is 0 Å². The largest absolute Gasteiger partial charge is 0.332 e. The molecule has 7 nitrogen and oxygen atoms in total. The summed E-state index contributed by atoms with van der Waals surface area (Å²) in [5, 5.41) is 0.0660. The molecule has 114 valence electrons. The smallest absolute Gasteiger partial charge is 0.257 e. The topological polar surface area (TPSA) is 96.8 Å². The van der Waals surface area contributed by atoms with E-state index in [1.54, 1.807) is 22.9 Å². The van der Waals surface area contributed by atoms with E-state index in [9.17, 15) is 13.2 Å². The molecule has 0 saturated carbocycles. The highest BCUT2D eigenvalue weighted by atomic mass is 32.2. The monoisotopic (exact) mass is 310 g/mol. The fourth-order valence-corrected chi connectivity index (χ4v) is 2.85. The zero-order valence-corrected chi connectivity index (χ0v) is 12.6. The van der Waals surface area contributed by atoms with Crippen LogP contribution in [0.1, 0.15) is 19.2 Å². The number of nitrogens with one attached hydrogen (secondary N) is 2. The SMILES string of the molecule is CCc1ncc(S(=O)(=O)NCCCn2ccccc2=O)[nH]1. The second-order valence-corrected chi connectivity index (χ2v) is 6.27. The summed E-state index contributed by atoms with van der Waals surface area (Å²) in [5.74, 6) is 0.631. The van der Waals surface area contributed by atoms with E-state index in [-0.39, 0.29) is 17.1 Å². The summed E-state index contributed by atoms with van der Waals surface area (Å²) >= 11 is 0. The van der Waals surface area contributed by atoms with E-state index in [0.29, 0.717) is 25.2 Å². The van der Waals surface area contributed by atoms with Crippen molar-refractivity contribution in [3.05, 3.63) is 46.8 Å². The van der Waals surface area contributed by atoms with Crippen molar-refractivity contribution in [1.29, 1.82) is 0 Å². The second kappa shape index (κ2) is 6.68. The van der Waals surface area contributed by atoms with Crippen LogP contribution in [0.3, 0.4) is 0 Å². The molecule has 2 N–H and O–H groups in total. The maximum atomic E-state index is 12.0. The first-order chi connectivity index (χ1) is 10.0. The lowest BCUT2D eigenvalue weighted by atomic mass is 10.4. The average molecular weight is 310 g/mol. The number of H-pyrrole nitrogens is 1. The minimum absolute atomic E-state index is 0.0660. The number of aryl methyl sites for hydroxylation is 2. The highest BCUT2D eigenvalue weighted by molar-refractivity contribution is 7.89. The molecule has 0 amide bonds. The standard InChI is InChI=1S/C13H18N4O3S/c1-2-11-14-10-12(16-11)21(19,20)15-7-5-9-17-8-4-3-6-13(17)18/h3-4,6,8,10,15H,2,5,7,9H2,1H3,(H,14,16). The van der Waals surface area contributed by atoms with E-state index in [1.807, 2.05) is 6.92 Å². The zero-order valence-electron chi connectivity index (χ0n) is 11.7. The number of nitrogens with zero attached hydrogens (tertiary/aromatic N) is 2. The van der Waals surface area contributed by atoms with Gasteiger partial charge in [-0.15, -0.1) is 0 Å². The number of rotatable bonds is 7. The number of hydrogen-bond donors (Lipinski definition) is 2. The molecule has 8 heteroatoms. The molecule has 2 aromatic heterocycles. The number of aromatic nitrogens is 3. The van der Waals surface area contributed by atoms with Gasteiger partial charge in [0.05, 0.1) is 6.20 Å². The predicted molar refractivity (Wildman–Crippen MR) is 78.5 cm³/mol. The molecule has 0 saturated heterocycles. The molecule has 21 heavy (non-hydrogen) atoms. The van der Waals surface area contributed by atoms with Gasteiger partial charge >= 0.3 is 0 Å². The molecular weight excluding hydrogens is 292 g/mol. The Morgan fingerprint density at radius 2 is 2.19 bits per heavy atom. The molecule has 0 bridgehead atoms. The van der Waals surface area contributed by atoms with Gasteiger partial charge in [0.2, 0.25) is 5.56 Å². The zero-order chi connectivity index (χ0) is 15.3. The summed E-state index contributed by atoms with van der Waals surface area (Å²) in [6.45, 7) is 2.61. The van der Waals surface area contributed by atoms with E-state index >= 15 is 0 Å². The summed E-state index contributed by atoms with van der Waals surface area (Å²) in [4.78, 5) is 18.2. The van der Waals surface area contributed by atoms with Crippen LogP contribution in [0.5, 0.6) is 0 Å². The van der Waals surface area contributed by atoms with Crippen LogP contribution >= 0.6 is 0 Å². The lowest BCUT2D eigenvalue weighted by Crippen LogP contribution is -2.27. The molecule has 0 aliphatic carbocycles. The van der Waals surface area contributed by atoms with E-state index in [1.165, 1.54) is 12.3 Å². The molecule has 2 rings (SSSR count). The number of aromatic amines is 1. The van der Waals surface area contributed by atoms with Gasteiger partial charge in [-0.2, -0.15) is 0 Å². The highest BCUT2D eigenvalue weighted by Crippen LogP contribution is 2.05. The third-order valence-corrected chi connectivity index (χ3v) is 4.37. The second-order valence-electron chi connectivity index (χ2n) is 4.53. The van der Waals surface area contributed by atoms with Gasteiger partial charge < -0.3 is 9.55 Å². The van der Waals surface area contributed by atoms with Gasteiger partial charge in [-0.05, 0) is 12.5 Å². The van der Waals surface area contributed by atoms with E-state index in [2.05, 4.69) is 14.7 Å². The van der Waals surface area contributed by atoms with Gasteiger partial charge in [-0.25, -0.2) is 18.1 Å². The summed E-state index contributed by atoms with van der Waals surface area (Å²) in [6, 6.07) is 4.91. The molecule has 0 aliphatic heterocycles. The first-order valence-electron chi connectivity index (χ1n) is 6.72. The molecule has 0 unspecified atom stereocenters. The quantitative estimate of drug-likeness (QED) is 0.728. The molecule has 0 atom stereocenters. The summed E-state index contributed by atoms with van der Waals surface area (Å²) in [6.07, 6.45) is 4.16. The summed E-state index contributed by atoms with van der Waals surface area (Å²) < 4.78 is 28.0. The van der Waals surface area contributed by atoms with Gasteiger partial charge in [0, 0.05) is 31.8 Å². The van der Waals surface area contributed by atoms with Crippen molar-refractivity contribution in [3.8, 4) is 0 Å². The Balaban J connectivity index is 1.88. The van der Waals surface area contributed by atoms with Gasteiger partial charge in [0.1, 0.15) is 5.82 Å². The maximum absolute atomic E-state index is 12.0. The van der Waals surface area contributed by atoms with Gasteiger partial charge in [-0.3, -0.25) is 4.79 Å². The minimum atomic E-state index is -3.57. The van der Waals surface area contributed by atoms with Crippen molar-refractivity contribution < 1.29 is 8.42 Å². The summed E-state index contributed by atoms with van der Waals surface area (Å²) in [5.41, 5.74) is -0.0958. The minimum Gasteiger partial charge on any atom is -0.332 e. The van der Waals surface area contributed by atoms with Crippen molar-refractivity contribution in [2.24, 2.45) is 0 Å². The van der Waals surface area contributed by atoms with Crippen molar-refractivity contribution in [3.63, 3.8) is 0 Å². The maximum Gasteiger partial charge on any atom is 0.257 e. The molecule has 2 heterocycles. The van der Waals surface area contributed by atoms with Crippen LogP contribution in [-0.2, 0) is 23.0 Å². The third-order valence-electron chi connectivity index (χ3n) is 3.00. The number of imidazole rings is 1. The van der Waals surface area contributed by atoms with Crippen LogP contribution < -0.4 is 10.3 Å². The van der Waals surface area contributed by atoms with Crippen molar-refractivity contribution in [2.45, 2.75) is 31.3 Å². The highest BCUT2D eigenvalue weighted by Gasteiger charge is 2.15. The number of sulfonamides is 1. The van der Waals surface area contributed by atoms with E-state index in [0.717, 1.165) is 0 Å². The average Bonchev–Trinajstić information content (AvgIpc) is 2.95. The normalized spacial score (nSPS) is 11.7. The first-order valence-corrected chi connectivity index (χ1v) is 8.20. The Morgan fingerprint density at radius 3 is 2.86 bits per heavy atom. The fraction of sp³-hybridized carbons (Fsp3) is 0.385. The Hall–Kier alpha value is -1.93. The van der Waals surface area contributed by atoms with Crippen LogP contribution in [0, 0.1) is 0 Å². The van der Waals surface area contributed by atoms with E-state index < -0.39 is 10.0 Å². The lowest BCUT2D eigenvalue weighted by Gasteiger charge is -2.06. The van der Waals surface area contributed by atoms with Crippen LogP contribution in [0.25, 0.3) is 0 Å². The predicted octanol–water partition coefficient (Wildman–Crippen LogP) is 0.502. The lowest BCUT2D eigenvalue weighted by molar-refractivity contribution is 0.564. The van der Waals surface area contributed by atoms with Crippen LogP contribution in [0.2, 0.25) is 0 Å². The van der Waals surface area contributed by atoms with Crippen molar-refractivity contribution in [1.82, 2.24) is 19.3 Å². The van der Waals surface area contributed by atoms with Crippen LogP contribution in [0.15, 0.2) is 40.4 Å².